The Bertz CT molecular complexity index is 989. The molecule has 5 rings (SSSR count). The van der Waals surface area contributed by atoms with Gasteiger partial charge < -0.3 is 19.5 Å². The summed E-state index contributed by atoms with van der Waals surface area (Å²) in [7, 11) is 1.80. The largest absolute Gasteiger partial charge is 0.378 e. The van der Waals surface area contributed by atoms with Crippen LogP contribution in [0.15, 0.2) is 12.4 Å². The highest BCUT2D eigenvalue weighted by molar-refractivity contribution is 5.86. The van der Waals surface area contributed by atoms with Crippen LogP contribution in [0.25, 0.3) is 22.6 Å². The molecule has 0 radical (unpaired) electrons. The van der Waals surface area contributed by atoms with Gasteiger partial charge in [0.1, 0.15) is 5.82 Å². The van der Waals surface area contributed by atoms with E-state index in [0.29, 0.717) is 25.0 Å². The van der Waals surface area contributed by atoms with Crippen LogP contribution in [0.4, 0.5) is 11.8 Å². The summed E-state index contributed by atoms with van der Waals surface area (Å²) in [6, 6.07) is 0. The molecular formula is C19H24N8O. The molecule has 1 saturated heterocycles. The first kappa shape index (κ1) is 17.3. The number of aryl methyl sites for hydroxylation is 1. The van der Waals surface area contributed by atoms with Crippen molar-refractivity contribution in [3.05, 3.63) is 18.2 Å². The molecule has 1 aliphatic heterocycles. The first-order valence-electron chi connectivity index (χ1n) is 9.80. The summed E-state index contributed by atoms with van der Waals surface area (Å²) in [4.78, 5) is 25.5. The van der Waals surface area contributed by atoms with Crippen molar-refractivity contribution in [2.45, 2.75) is 26.3 Å². The molecule has 1 saturated carbocycles. The SMILES string of the molecule is CNc1ncc(-c2nc(N3CCOCC3)c3nc(C)n(CC4CC4)c3n2)cn1. The summed E-state index contributed by atoms with van der Waals surface area (Å²) in [5, 5.41) is 2.94. The Morgan fingerprint density at radius 1 is 1.11 bits per heavy atom. The summed E-state index contributed by atoms with van der Waals surface area (Å²) in [6.45, 7) is 6.02. The van der Waals surface area contributed by atoms with Crippen molar-refractivity contribution in [2.75, 3.05) is 43.6 Å². The van der Waals surface area contributed by atoms with E-state index in [4.69, 9.17) is 19.7 Å². The third-order valence-corrected chi connectivity index (χ3v) is 5.35. The first-order valence-corrected chi connectivity index (χ1v) is 9.80. The van der Waals surface area contributed by atoms with E-state index in [9.17, 15) is 0 Å². The van der Waals surface area contributed by atoms with E-state index in [1.54, 1.807) is 19.4 Å². The second-order valence-corrected chi connectivity index (χ2v) is 7.40. The number of hydrogen-bond donors (Lipinski definition) is 1. The quantitative estimate of drug-likeness (QED) is 0.717. The van der Waals surface area contributed by atoms with Gasteiger partial charge in [-0.15, -0.1) is 0 Å². The highest BCUT2D eigenvalue weighted by Gasteiger charge is 2.27. The Morgan fingerprint density at radius 3 is 2.54 bits per heavy atom. The lowest BCUT2D eigenvalue weighted by Gasteiger charge is -2.28. The Morgan fingerprint density at radius 2 is 1.86 bits per heavy atom. The van der Waals surface area contributed by atoms with Crippen molar-refractivity contribution in [3.63, 3.8) is 0 Å². The zero-order chi connectivity index (χ0) is 19.1. The standard InChI is InChI=1S/C19H24N8O/c1-12-23-15-17(26-5-7-28-8-6-26)24-16(14-9-21-19(20-2)22-10-14)25-18(15)27(12)11-13-3-4-13/h9-10,13H,3-8,11H2,1-2H3,(H,20,21,22). The van der Waals surface area contributed by atoms with Crippen LogP contribution in [0.3, 0.4) is 0 Å². The maximum atomic E-state index is 5.53. The number of imidazole rings is 1. The third kappa shape index (κ3) is 3.15. The number of anilines is 2. The lowest BCUT2D eigenvalue weighted by atomic mass is 10.3. The molecule has 0 aromatic carbocycles. The van der Waals surface area contributed by atoms with Crippen molar-refractivity contribution in [3.8, 4) is 11.4 Å². The Hall–Kier alpha value is -2.81. The number of aromatic nitrogens is 6. The molecule has 1 N–H and O–H groups in total. The van der Waals surface area contributed by atoms with Crippen LogP contribution in [0, 0.1) is 12.8 Å². The number of nitrogens with one attached hydrogen (secondary N) is 1. The number of hydrogen-bond acceptors (Lipinski definition) is 8. The molecule has 2 fully saturated rings. The van der Waals surface area contributed by atoms with Gasteiger partial charge in [0.15, 0.2) is 22.8 Å². The summed E-state index contributed by atoms with van der Waals surface area (Å²) < 4.78 is 7.77. The van der Waals surface area contributed by atoms with Crippen LogP contribution in [-0.4, -0.2) is 62.8 Å². The fraction of sp³-hybridized carbons (Fsp3) is 0.526. The molecule has 28 heavy (non-hydrogen) atoms. The topological polar surface area (TPSA) is 93.9 Å². The fourth-order valence-electron chi connectivity index (χ4n) is 3.57. The number of morpholine rings is 1. The summed E-state index contributed by atoms with van der Waals surface area (Å²) in [6.07, 6.45) is 6.09. The van der Waals surface area contributed by atoms with Crippen LogP contribution >= 0.6 is 0 Å². The molecule has 0 bridgehead atoms. The van der Waals surface area contributed by atoms with E-state index in [-0.39, 0.29) is 0 Å². The third-order valence-electron chi connectivity index (χ3n) is 5.35. The van der Waals surface area contributed by atoms with E-state index in [1.165, 1.54) is 12.8 Å². The minimum atomic E-state index is 0.577. The Balaban J connectivity index is 1.66. The number of ether oxygens (including phenoxy) is 1. The van der Waals surface area contributed by atoms with Gasteiger partial charge in [-0.1, -0.05) is 0 Å². The van der Waals surface area contributed by atoms with Crippen LogP contribution in [-0.2, 0) is 11.3 Å². The van der Waals surface area contributed by atoms with Gasteiger partial charge in [-0.2, -0.15) is 0 Å². The highest BCUT2D eigenvalue weighted by atomic mass is 16.5. The van der Waals surface area contributed by atoms with Gasteiger partial charge in [0.2, 0.25) is 5.95 Å². The van der Waals surface area contributed by atoms with Gasteiger partial charge >= 0.3 is 0 Å². The number of nitrogens with zero attached hydrogens (tertiary/aromatic N) is 7. The molecule has 3 aromatic heterocycles. The average molecular weight is 380 g/mol. The molecule has 9 heteroatoms. The van der Waals surface area contributed by atoms with E-state index in [2.05, 4.69) is 31.7 Å². The molecule has 3 aromatic rings. The summed E-state index contributed by atoms with van der Waals surface area (Å²) >= 11 is 0. The molecule has 9 nitrogen and oxygen atoms in total. The van der Waals surface area contributed by atoms with Gasteiger partial charge in [0.25, 0.3) is 0 Å². The fourth-order valence-corrected chi connectivity index (χ4v) is 3.57. The monoisotopic (exact) mass is 380 g/mol. The lowest BCUT2D eigenvalue weighted by molar-refractivity contribution is 0.122. The average Bonchev–Trinajstić information content (AvgIpc) is 3.51. The smallest absolute Gasteiger partial charge is 0.222 e. The van der Waals surface area contributed by atoms with Gasteiger partial charge in [0, 0.05) is 39.1 Å². The molecule has 4 heterocycles. The second-order valence-electron chi connectivity index (χ2n) is 7.40. The molecule has 0 spiro atoms. The molecule has 0 atom stereocenters. The van der Waals surface area contributed by atoms with Gasteiger partial charge in [-0.25, -0.2) is 24.9 Å². The van der Waals surface area contributed by atoms with Crippen LogP contribution in [0.5, 0.6) is 0 Å². The number of fused-ring (bicyclic) bond motifs is 1. The summed E-state index contributed by atoms with van der Waals surface area (Å²) in [5.74, 6) is 3.81. The van der Waals surface area contributed by atoms with Crippen LogP contribution < -0.4 is 10.2 Å². The maximum Gasteiger partial charge on any atom is 0.222 e. The van der Waals surface area contributed by atoms with Crippen molar-refractivity contribution < 1.29 is 4.74 Å². The Labute approximate surface area is 163 Å². The van der Waals surface area contributed by atoms with Gasteiger partial charge in [-0.05, 0) is 25.7 Å². The lowest BCUT2D eigenvalue weighted by Crippen LogP contribution is -2.37. The predicted octanol–water partition coefficient (Wildman–Crippen LogP) is 1.88. The van der Waals surface area contributed by atoms with E-state index >= 15 is 0 Å². The Kier molecular flexibility index (Phi) is 4.31. The van der Waals surface area contributed by atoms with Crippen molar-refractivity contribution in [1.29, 1.82) is 0 Å². The zero-order valence-electron chi connectivity index (χ0n) is 16.2. The van der Waals surface area contributed by atoms with E-state index in [1.807, 2.05) is 0 Å². The molecule has 2 aliphatic rings. The molecular weight excluding hydrogens is 356 g/mol. The minimum Gasteiger partial charge on any atom is -0.378 e. The van der Waals surface area contributed by atoms with Crippen molar-refractivity contribution in [2.24, 2.45) is 5.92 Å². The van der Waals surface area contributed by atoms with Crippen molar-refractivity contribution in [1.82, 2.24) is 29.5 Å². The van der Waals surface area contributed by atoms with E-state index < -0.39 is 0 Å². The van der Waals surface area contributed by atoms with Crippen molar-refractivity contribution >= 4 is 22.9 Å². The summed E-state index contributed by atoms with van der Waals surface area (Å²) in [5.41, 5.74) is 2.57. The number of rotatable bonds is 5. The normalized spacial score (nSPS) is 17.3. The predicted molar refractivity (Wildman–Crippen MR) is 106 cm³/mol. The van der Waals surface area contributed by atoms with Gasteiger partial charge in [0.05, 0.1) is 18.8 Å². The zero-order valence-corrected chi connectivity index (χ0v) is 16.2. The first-order chi connectivity index (χ1) is 13.7. The second kappa shape index (κ2) is 6.97. The molecule has 0 unspecified atom stereocenters. The molecule has 146 valence electrons. The maximum absolute atomic E-state index is 5.53. The minimum absolute atomic E-state index is 0.577. The van der Waals surface area contributed by atoms with E-state index in [0.717, 1.165) is 53.9 Å². The highest BCUT2D eigenvalue weighted by Crippen LogP contribution is 2.34. The van der Waals surface area contributed by atoms with Crippen LogP contribution in [0.1, 0.15) is 18.7 Å². The molecule has 1 aliphatic carbocycles. The molecule has 0 amide bonds. The van der Waals surface area contributed by atoms with Crippen LogP contribution in [0.2, 0.25) is 0 Å². The van der Waals surface area contributed by atoms with Gasteiger partial charge in [-0.3, -0.25) is 0 Å².